The Hall–Kier alpha value is -2.61. The molecule has 0 aliphatic carbocycles. The number of ether oxygens (including phenoxy) is 1. The molecular formula is C11H10N2O6. The third-order valence-corrected chi connectivity index (χ3v) is 2.16. The first-order valence-corrected chi connectivity index (χ1v) is 5.27. The summed E-state index contributed by atoms with van der Waals surface area (Å²) in [5, 5.41) is 10.8. The van der Waals surface area contributed by atoms with E-state index in [0.717, 1.165) is 0 Å². The second kappa shape index (κ2) is 5.36. The van der Waals surface area contributed by atoms with Gasteiger partial charge in [0.25, 0.3) is 0 Å². The molecule has 0 spiro atoms. The molecule has 0 saturated heterocycles. The number of rotatable bonds is 5. The van der Waals surface area contributed by atoms with Gasteiger partial charge < -0.3 is 19.6 Å². The van der Waals surface area contributed by atoms with Gasteiger partial charge in [-0.05, 0) is 18.2 Å². The number of carbonyl (C=O) groups is 2. The number of benzene rings is 1. The van der Waals surface area contributed by atoms with Gasteiger partial charge in [0.05, 0.1) is 5.52 Å². The molecular weight excluding hydrogens is 256 g/mol. The third-order valence-electron chi connectivity index (χ3n) is 2.16. The molecule has 0 aliphatic rings. The Morgan fingerprint density at radius 3 is 2.89 bits per heavy atom. The number of oxazole rings is 1. The second-order valence-corrected chi connectivity index (χ2v) is 3.66. The van der Waals surface area contributed by atoms with Crippen molar-refractivity contribution in [2.45, 2.75) is 0 Å². The maximum atomic E-state index is 11.4. The van der Waals surface area contributed by atoms with E-state index in [1.807, 2.05) is 0 Å². The van der Waals surface area contributed by atoms with Gasteiger partial charge in [-0.25, -0.2) is 9.59 Å². The second-order valence-electron chi connectivity index (χ2n) is 3.66. The largest absolute Gasteiger partial charge is 0.480 e. The quantitative estimate of drug-likeness (QED) is 0.708. The number of aliphatic carboxylic acids is 1. The Morgan fingerprint density at radius 2 is 2.16 bits per heavy atom. The fraction of sp³-hybridized carbons (Fsp3) is 0.182. The average Bonchev–Trinajstić information content (AvgIpc) is 2.67. The highest BCUT2D eigenvalue weighted by Gasteiger charge is 2.06. The smallest absolute Gasteiger partial charge is 0.417 e. The lowest BCUT2D eigenvalue weighted by Gasteiger charge is -2.04. The number of fused-ring (bicyclic) bond motifs is 1. The molecule has 0 saturated carbocycles. The number of carboxylic acids is 1. The van der Waals surface area contributed by atoms with E-state index in [-0.39, 0.29) is 6.61 Å². The van der Waals surface area contributed by atoms with E-state index in [1.54, 1.807) is 6.07 Å². The van der Waals surface area contributed by atoms with Crippen LogP contribution in [0.15, 0.2) is 27.4 Å². The number of aromatic amines is 1. The topological polar surface area (TPSA) is 122 Å². The van der Waals surface area contributed by atoms with Crippen molar-refractivity contribution in [3.8, 4) is 0 Å². The molecule has 100 valence electrons. The monoisotopic (exact) mass is 266 g/mol. The zero-order valence-corrected chi connectivity index (χ0v) is 9.63. The number of hydrogen-bond donors (Lipinski definition) is 3. The molecule has 1 heterocycles. The minimum Gasteiger partial charge on any atom is -0.480 e. The number of hydrogen-bond acceptors (Lipinski definition) is 5. The van der Waals surface area contributed by atoms with Crippen molar-refractivity contribution < 1.29 is 23.8 Å². The van der Waals surface area contributed by atoms with Gasteiger partial charge in [-0.3, -0.25) is 9.78 Å². The molecule has 0 bridgehead atoms. The van der Waals surface area contributed by atoms with Crippen molar-refractivity contribution in [2.75, 3.05) is 18.5 Å². The molecule has 0 aliphatic heterocycles. The molecule has 1 aromatic heterocycles. The van der Waals surface area contributed by atoms with Crippen LogP contribution in [0.25, 0.3) is 11.1 Å². The van der Waals surface area contributed by atoms with Crippen LogP contribution in [-0.4, -0.2) is 35.2 Å². The Balaban J connectivity index is 1.98. The van der Waals surface area contributed by atoms with E-state index >= 15 is 0 Å². The minimum absolute atomic E-state index is 0.369. The summed E-state index contributed by atoms with van der Waals surface area (Å²) in [4.78, 5) is 35.0. The summed E-state index contributed by atoms with van der Waals surface area (Å²) in [6, 6.07) is 4.60. The third kappa shape index (κ3) is 3.42. The Bertz CT molecular complexity index is 671. The predicted molar refractivity (Wildman–Crippen MR) is 63.9 cm³/mol. The molecule has 19 heavy (non-hydrogen) atoms. The predicted octanol–water partition coefficient (Wildman–Crippen LogP) is 0.161. The molecule has 1 aromatic carbocycles. The van der Waals surface area contributed by atoms with Crippen molar-refractivity contribution in [1.82, 2.24) is 4.98 Å². The maximum absolute atomic E-state index is 11.4. The summed E-state index contributed by atoms with van der Waals surface area (Å²) >= 11 is 0. The summed E-state index contributed by atoms with van der Waals surface area (Å²) < 4.78 is 9.44. The highest BCUT2D eigenvalue weighted by atomic mass is 16.5. The average molecular weight is 266 g/mol. The van der Waals surface area contributed by atoms with Gasteiger partial charge in [0.1, 0.15) is 13.2 Å². The Morgan fingerprint density at radius 1 is 1.37 bits per heavy atom. The van der Waals surface area contributed by atoms with Crippen LogP contribution in [0.3, 0.4) is 0 Å². The van der Waals surface area contributed by atoms with Gasteiger partial charge in [-0.15, -0.1) is 0 Å². The van der Waals surface area contributed by atoms with Gasteiger partial charge in [-0.1, -0.05) is 0 Å². The van der Waals surface area contributed by atoms with Gasteiger partial charge in [0, 0.05) is 5.69 Å². The summed E-state index contributed by atoms with van der Waals surface area (Å²) in [5.41, 5.74) is 1.27. The number of nitrogens with one attached hydrogen (secondary N) is 2. The Kier molecular flexibility index (Phi) is 3.62. The molecule has 0 radical (unpaired) electrons. The van der Waals surface area contributed by atoms with Crippen LogP contribution in [0.5, 0.6) is 0 Å². The lowest BCUT2D eigenvalue weighted by Crippen LogP contribution is -2.20. The molecule has 8 nitrogen and oxygen atoms in total. The number of anilines is 1. The maximum Gasteiger partial charge on any atom is 0.417 e. The first kappa shape index (κ1) is 12.8. The molecule has 0 unspecified atom stereocenters. The van der Waals surface area contributed by atoms with Crippen molar-refractivity contribution in [3.63, 3.8) is 0 Å². The summed E-state index contributed by atoms with van der Waals surface area (Å²) in [5.74, 6) is -2.22. The van der Waals surface area contributed by atoms with Gasteiger partial charge in [0.15, 0.2) is 5.58 Å². The number of carboxylic acid groups (broad SMARTS) is 1. The lowest BCUT2D eigenvalue weighted by atomic mass is 10.3. The van der Waals surface area contributed by atoms with Crippen LogP contribution < -0.4 is 11.1 Å². The fourth-order valence-electron chi connectivity index (χ4n) is 1.46. The Labute approximate surface area is 106 Å². The zero-order chi connectivity index (χ0) is 13.8. The lowest BCUT2D eigenvalue weighted by molar-refractivity contribution is -0.143. The first-order valence-electron chi connectivity index (χ1n) is 5.27. The highest BCUT2D eigenvalue weighted by molar-refractivity contribution is 5.93. The first-order chi connectivity index (χ1) is 9.04. The number of H-pyrrole nitrogens is 1. The number of aromatic nitrogens is 1. The van der Waals surface area contributed by atoms with Crippen LogP contribution in [0, 0.1) is 0 Å². The SMILES string of the molecule is O=C(O)COCC(=O)Nc1ccc2oc(=O)[nH]c2c1. The van der Waals surface area contributed by atoms with Crippen molar-refractivity contribution in [1.29, 1.82) is 0 Å². The standard InChI is InChI=1S/C11H10N2O6/c14-9(4-18-5-10(15)16)12-6-1-2-8-7(3-6)13-11(17)19-8/h1-3H,4-5H2,(H,12,14)(H,13,17)(H,15,16). The van der Waals surface area contributed by atoms with Crippen molar-refractivity contribution >= 4 is 28.7 Å². The van der Waals surface area contributed by atoms with Crippen LogP contribution in [-0.2, 0) is 14.3 Å². The van der Waals surface area contributed by atoms with Crippen molar-refractivity contribution in [3.05, 3.63) is 28.7 Å². The minimum atomic E-state index is -1.15. The fourth-order valence-corrected chi connectivity index (χ4v) is 1.46. The van der Waals surface area contributed by atoms with Gasteiger partial charge in [0.2, 0.25) is 5.91 Å². The summed E-state index contributed by atoms with van der Waals surface area (Å²) in [7, 11) is 0. The normalized spacial score (nSPS) is 10.5. The number of carbonyl (C=O) groups excluding carboxylic acids is 1. The molecule has 8 heteroatoms. The van der Waals surface area contributed by atoms with Crippen molar-refractivity contribution in [2.24, 2.45) is 0 Å². The zero-order valence-electron chi connectivity index (χ0n) is 9.63. The number of amides is 1. The summed E-state index contributed by atoms with van der Waals surface area (Å²) in [6.45, 7) is -0.909. The summed E-state index contributed by atoms with van der Waals surface area (Å²) in [6.07, 6.45) is 0. The molecule has 0 fully saturated rings. The van der Waals surface area contributed by atoms with Crippen LogP contribution in [0.1, 0.15) is 0 Å². The molecule has 1 amide bonds. The van der Waals surface area contributed by atoms with E-state index in [0.29, 0.717) is 16.8 Å². The van der Waals surface area contributed by atoms with E-state index in [2.05, 4.69) is 15.0 Å². The molecule has 2 rings (SSSR count). The van der Waals surface area contributed by atoms with Gasteiger partial charge >= 0.3 is 11.7 Å². The molecule has 2 aromatic rings. The van der Waals surface area contributed by atoms with Crippen LogP contribution in [0.2, 0.25) is 0 Å². The van der Waals surface area contributed by atoms with Crippen LogP contribution in [0.4, 0.5) is 5.69 Å². The van der Waals surface area contributed by atoms with E-state index < -0.39 is 24.2 Å². The van der Waals surface area contributed by atoms with E-state index in [9.17, 15) is 14.4 Å². The highest BCUT2D eigenvalue weighted by Crippen LogP contribution is 2.15. The van der Waals surface area contributed by atoms with E-state index in [4.69, 9.17) is 9.52 Å². The van der Waals surface area contributed by atoms with Crippen LogP contribution >= 0.6 is 0 Å². The van der Waals surface area contributed by atoms with Gasteiger partial charge in [-0.2, -0.15) is 0 Å². The molecule has 3 N–H and O–H groups in total. The van der Waals surface area contributed by atoms with E-state index in [1.165, 1.54) is 12.1 Å². The molecule has 0 atom stereocenters.